The van der Waals surface area contributed by atoms with Crippen LogP contribution in [0.25, 0.3) is 10.9 Å². The monoisotopic (exact) mass is 343 g/mol. The molecule has 4 rings (SSSR count). The van der Waals surface area contributed by atoms with Gasteiger partial charge in [-0.25, -0.2) is 4.98 Å². The SMILES string of the molecule is C[C@H](C1CCN(c2ccc3cccc(Cl)c3n2)CC1)N1CCCC1. The van der Waals surface area contributed by atoms with Crippen molar-refractivity contribution in [1.82, 2.24) is 9.88 Å². The molecule has 0 unspecified atom stereocenters. The molecule has 1 aromatic heterocycles. The molecule has 0 saturated carbocycles. The van der Waals surface area contributed by atoms with Gasteiger partial charge in [-0.1, -0.05) is 23.7 Å². The van der Waals surface area contributed by atoms with Crippen LogP contribution in [0.2, 0.25) is 5.02 Å². The number of nitrogens with zero attached hydrogens (tertiary/aromatic N) is 3. The molecule has 0 aliphatic carbocycles. The molecule has 2 aromatic rings. The average Bonchev–Trinajstić information content (AvgIpc) is 3.16. The van der Waals surface area contributed by atoms with Gasteiger partial charge >= 0.3 is 0 Å². The van der Waals surface area contributed by atoms with Crippen LogP contribution >= 0.6 is 11.6 Å². The Morgan fingerprint density at radius 1 is 1.04 bits per heavy atom. The predicted octanol–water partition coefficient (Wildman–Crippen LogP) is 4.59. The number of benzene rings is 1. The molecule has 0 N–H and O–H groups in total. The van der Waals surface area contributed by atoms with Crippen molar-refractivity contribution in [3.05, 3.63) is 35.4 Å². The molecule has 1 aromatic carbocycles. The highest BCUT2D eigenvalue weighted by atomic mass is 35.5. The lowest BCUT2D eigenvalue weighted by molar-refractivity contribution is 0.167. The second-order valence-electron chi connectivity index (χ2n) is 7.29. The summed E-state index contributed by atoms with van der Waals surface area (Å²) in [5.74, 6) is 1.89. The molecule has 4 heteroatoms. The maximum Gasteiger partial charge on any atom is 0.129 e. The minimum atomic E-state index is 0.730. The summed E-state index contributed by atoms with van der Waals surface area (Å²) in [5.41, 5.74) is 0.921. The number of pyridine rings is 1. The van der Waals surface area contributed by atoms with Gasteiger partial charge in [0.15, 0.2) is 0 Å². The predicted molar refractivity (Wildman–Crippen MR) is 102 cm³/mol. The van der Waals surface area contributed by atoms with Crippen molar-refractivity contribution in [2.75, 3.05) is 31.1 Å². The number of hydrogen-bond acceptors (Lipinski definition) is 3. The van der Waals surface area contributed by atoms with E-state index < -0.39 is 0 Å². The zero-order valence-corrected chi connectivity index (χ0v) is 15.2. The van der Waals surface area contributed by atoms with E-state index in [1.807, 2.05) is 12.1 Å². The van der Waals surface area contributed by atoms with Crippen LogP contribution in [-0.2, 0) is 0 Å². The first kappa shape index (κ1) is 16.2. The third kappa shape index (κ3) is 3.12. The molecule has 0 bridgehead atoms. The van der Waals surface area contributed by atoms with Crippen LogP contribution in [0, 0.1) is 5.92 Å². The van der Waals surface area contributed by atoms with E-state index in [0.29, 0.717) is 0 Å². The summed E-state index contributed by atoms with van der Waals surface area (Å²) in [6, 6.07) is 11.0. The molecule has 3 heterocycles. The van der Waals surface area contributed by atoms with Gasteiger partial charge in [-0.3, -0.25) is 0 Å². The Morgan fingerprint density at radius 2 is 1.79 bits per heavy atom. The summed E-state index contributed by atoms with van der Waals surface area (Å²) in [6.45, 7) is 7.23. The number of anilines is 1. The van der Waals surface area contributed by atoms with E-state index >= 15 is 0 Å². The second-order valence-corrected chi connectivity index (χ2v) is 7.70. The van der Waals surface area contributed by atoms with E-state index in [1.165, 1.54) is 38.8 Å². The van der Waals surface area contributed by atoms with E-state index in [9.17, 15) is 0 Å². The molecule has 24 heavy (non-hydrogen) atoms. The molecule has 0 radical (unpaired) electrons. The Balaban J connectivity index is 1.44. The van der Waals surface area contributed by atoms with Crippen molar-refractivity contribution in [2.24, 2.45) is 5.92 Å². The fourth-order valence-corrected chi connectivity index (χ4v) is 4.56. The minimum absolute atomic E-state index is 0.730. The number of halogens is 1. The molecule has 3 nitrogen and oxygen atoms in total. The first-order valence-corrected chi connectivity index (χ1v) is 9.64. The van der Waals surface area contributed by atoms with Crippen molar-refractivity contribution in [1.29, 1.82) is 0 Å². The van der Waals surface area contributed by atoms with Gasteiger partial charge in [0.1, 0.15) is 5.82 Å². The fraction of sp³-hybridized carbons (Fsp3) is 0.550. The molecule has 0 amide bonds. The largest absolute Gasteiger partial charge is 0.357 e. The summed E-state index contributed by atoms with van der Waals surface area (Å²) in [7, 11) is 0. The average molecular weight is 344 g/mol. The maximum absolute atomic E-state index is 6.32. The van der Waals surface area contributed by atoms with E-state index in [0.717, 1.165) is 46.8 Å². The Hall–Kier alpha value is -1.32. The van der Waals surface area contributed by atoms with Crippen LogP contribution in [0.5, 0.6) is 0 Å². The van der Waals surface area contributed by atoms with Gasteiger partial charge in [-0.2, -0.15) is 0 Å². The molecule has 2 fully saturated rings. The number of para-hydroxylation sites is 1. The molecule has 2 aliphatic rings. The van der Waals surface area contributed by atoms with Crippen molar-refractivity contribution in [3.63, 3.8) is 0 Å². The molecular weight excluding hydrogens is 318 g/mol. The number of piperidine rings is 1. The van der Waals surface area contributed by atoms with E-state index in [1.54, 1.807) is 0 Å². The van der Waals surface area contributed by atoms with Crippen LogP contribution in [0.4, 0.5) is 5.82 Å². The lowest BCUT2D eigenvalue weighted by Crippen LogP contribution is -2.43. The molecule has 2 aliphatic heterocycles. The first-order valence-electron chi connectivity index (χ1n) is 9.26. The Kier molecular flexibility index (Phi) is 4.64. The lowest BCUT2D eigenvalue weighted by atomic mass is 9.89. The Bertz CT molecular complexity index is 703. The highest BCUT2D eigenvalue weighted by molar-refractivity contribution is 6.35. The number of aromatic nitrogens is 1. The van der Waals surface area contributed by atoms with Gasteiger partial charge in [0.05, 0.1) is 10.5 Å². The van der Waals surface area contributed by atoms with Gasteiger partial charge in [-0.15, -0.1) is 0 Å². The summed E-state index contributed by atoms with van der Waals surface area (Å²) < 4.78 is 0. The number of likely N-dealkylation sites (tertiary alicyclic amines) is 1. The molecule has 2 saturated heterocycles. The number of fused-ring (bicyclic) bond motifs is 1. The fourth-order valence-electron chi connectivity index (χ4n) is 4.33. The van der Waals surface area contributed by atoms with Crippen molar-refractivity contribution in [2.45, 2.75) is 38.6 Å². The topological polar surface area (TPSA) is 19.4 Å². The van der Waals surface area contributed by atoms with Gasteiger partial charge in [0, 0.05) is 24.5 Å². The maximum atomic E-state index is 6.32. The number of hydrogen-bond donors (Lipinski definition) is 0. The van der Waals surface area contributed by atoms with Crippen molar-refractivity contribution < 1.29 is 0 Å². The smallest absolute Gasteiger partial charge is 0.129 e. The van der Waals surface area contributed by atoms with Gasteiger partial charge < -0.3 is 9.80 Å². The first-order chi connectivity index (χ1) is 11.7. The third-order valence-electron chi connectivity index (χ3n) is 5.92. The van der Waals surface area contributed by atoms with Crippen molar-refractivity contribution >= 4 is 28.3 Å². The molecule has 128 valence electrons. The quantitative estimate of drug-likeness (QED) is 0.812. The van der Waals surface area contributed by atoms with Crippen LogP contribution < -0.4 is 4.90 Å². The Labute approximate surface area is 149 Å². The molecular formula is C20H26ClN3. The lowest BCUT2D eigenvalue weighted by Gasteiger charge is -2.38. The second kappa shape index (κ2) is 6.89. The minimum Gasteiger partial charge on any atom is -0.357 e. The summed E-state index contributed by atoms with van der Waals surface area (Å²) in [6.07, 6.45) is 5.29. The van der Waals surface area contributed by atoms with Crippen molar-refractivity contribution in [3.8, 4) is 0 Å². The zero-order valence-electron chi connectivity index (χ0n) is 14.4. The summed E-state index contributed by atoms with van der Waals surface area (Å²) >= 11 is 6.32. The Morgan fingerprint density at radius 3 is 2.54 bits per heavy atom. The highest BCUT2D eigenvalue weighted by Gasteiger charge is 2.29. The van der Waals surface area contributed by atoms with Crippen LogP contribution in [0.15, 0.2) is 30.3 Å². The molecule has 1 atom stereocenters. The highest BCUT2D eigenvalue weighted by Crippen LogP contribution is 2.30. The zero-order chi connectivity index (χ0) is 16.5. The van der Waals surface area contributed by atoms with E-state index in [2.05, 4.69) is 34.9 Å². The molecule has 0 spiro atoms. The standard InChI is InChI=1S/C20H26ClN3/c1-15(23-11-2-3-12-23)16-9-13-24(14-10-16)19-8-7-17-5-4-6-18(21)20(17)22-19/h4-8,15-16H,2-3,9-14H2,1H3/t15-/m1/s1. The van der Waals surface area contributed by atoms with Gasteiger partial charge in [-0.05, 0) is 69.8 Å². The summed E-state index contributed by atoms with van der Waals surface area (Å²) in [4.78, 5) is 9.94. The van der Waals surface area contributed by atoms with Crippen LogP contribution in [0.1, 0.15) is 32.6 Å². The van der Waals surface area contributed by atoms with E-state index in [4.69, 9.17) is 16.6 Å². The number of rotatable bonds is 3. The van der Waals surface area contributed by atoms with Crippen LogP contribution in [-0.4, -0.2) is 42.1 Å². The third-order valence-corrected chi connectivity index (χ3v) is 6.22. The van der Waals surface area contributed by atoms with E-state index in [-0.39, 0.29) is 0 Å². The van der Waals surface area contributed by atoms with Crippen LogP contribution in [0.3, 0.4) is 0 Å². The van der Waals surface area contributed by atoms with Gasteiger partial charge in [0.25, 0.3) is 0 Å². The van der Waals surface area contributed by atoms with Gasteiger partial charge in [0.2, 0.25) is 0 Å². The summed E-state index contributed by atoms with van der Waals surface area (Å²) in [5, 5.41) is 1.86. The normalized spacial score (nSPS) is 21.5.